The van der Waals surface area contributed by atoms with Gasteiger partial charge >= 0.3 is 6.03 Å². The number of urea groups is 1. The van der Waals surface area contributed by atoms with Gasteiger partial charge in [0, 0.05) is 30.3 Å². The van der Waals surface area contributed by atoms with E-state index in [-0.39, 0.29) is 18.4 Å². The molecule has 8 nitrogen and oxygen atoms in total. The van der Waals surface area contributed by atoms with Gasteiger partial charge in [0.2, 0.25) is 5.91 Å². The third kappa shape index (κ3) is 6.34. The lowest BCUT2D eigenvalue weighted by molar-refractivity contribution is -0.119. The molecule has 168 valence electrons. The molecule has 3 amide bonds. The number of benzene rings is 2. The van der Waals surface area contributed by atoms with E-state index in [0.29, 0.717) is 12.3 Å². The maximum Gasteiger partial charge on any atom is 0.321 e. The lowest BCUT2D eigenvalue weighted by Gasteiger charge is -2.14. The molecule has 0 saturated carbocycles. The van der Waals surface area contributed by atoms with Crippen LogP contribution >= 0.6 is 11.8 Å². The van der Waals surface area contributed by atoms with E-state index in [1.54, 1.807) is 7.11 Å². The number of ether oxygens (including phenoxy) is 1. The van der Waals surface area contributed by atoms with Crippen molar-refractivity contribution in [3.63, 3.8) is 0 Å². The number of rotatable bonds is 9. The van der Waals surface area contributed by atoms with Crippen molar-refractivity contribution in [3.05, 3.63) is 60.2 Å². The second kappa shape index (κ2) is 11.3. The molecule has 2 N–H and O–H groups in total. The smallest absolute Gasteiger partial charge is 0.321 e. The standard InChI is InChI=1S/C23H27N5O3S/c1-16(2)28-21(18-9-11-19(31-3)12-10-18)26-27-23(28)32-14-13-20(29)25-22(30)24-15-17-7-5-4-6-8-17/h4-12,16H,13-15H2,1-3H3,(H2,24,25,29,30). The molecule has 9 heteroatoms. The van der Waals surface area contributed by atoms with E-state index in [1.165, 1.54) is 11.8 Å². The molecule has 0 aliphatic rings. The molecule has 32 heavy (non-hydrogen) atoms. The lowest BCUT2D eigenvalue weighted by Crippen LogP contribution is -2.39. The van der Waals surface area contributed by atoms with Crippen molar-refractivity contribution in [3.8, 4) is 17.1 Å². The summed E-state index contributed by atoms with van der Waals surface area (Å²) in [6, 6.07) is 16.8. The van der Waals surface area contributed by atoms with E-state index in [0.717, 1.165) is 27.9 Å². The Morgan fingerprint density at radius 3 is 2.44 bits per heavy atom. The zero-order valence-electron chi connectivity index (χ0n) is 18.4. The van der Waals surface area contributed by atoms with E-state index < -0.39 is 6.03 Å². The minimum atomic E-state index is -0.504. The van der Waals surface area contributed by atoms with Crippen molar-refractivity contribution in [1.82, 2.24) is 25.4 Å². The molecule has 0 aliphatic carbocycles. The number of methoxy groups -OCH3 is 1. The van der Waals surface area contributed by atoms with Crippen LogP contribution in [0.1, 0.15) is 31.9 Å². The molecule has 0 saturated heterocycles. The Morgan fingerprint density at radius 2 is 1.78 bits per heavy atom. The normalized spacial score (nSPS) is 10.8. The Labute approximate surface area is 191 Å². The summed E-state index contributed by atoms with van der Waals surface area (Å²) >= 11 is 1.44. The van der Waals surface area contributed by atoms with Crippen LogP contribution in [0.2, 0.25) is 0 Å². The van der Waals surface area contributed by atoms with Gasteiger partial charge in [-0.2, -0.15) is 0 Å². The molecule has 0 atom stereocenters. The summed E-state index contributed by atoms with van der Waals surface area (Å²) in [5.74, 6) is 1.67. The van der Waals surface area contributed by atoms with Crippen LogP contribution in [0.3, 0.4) is 0 Å². The number of aromatic nitrogens is 3. The first kappa shape index (κ1) is 23.3. The highest BCUT2D eigenvalue weighted by molar-refractivity contribution is 7.99. The molecule has 0 unspecified atom stereocenters. The molecule has 1 heterocycles. The van der Waals surface area contributed by atoms with Gasteiger partial charge in [-0.1, -0.05) is 42.1 Å². The Kier molecular flexibility index (Phi) is 8.27. The topological polar surface area (TPSA) is 98.1 Å². The van der Waals surface area contributed by atoms with Crippen LogP contribution in [0, 0.1) is 0 Å². The Morgan fingerprint density at radius 1 is 1.06 bits per heavy atom. The number of hydrogen-bond donors (Lipinski definition) is 2. The first-order chi connectivity index (χ1) is 15.5. The maximum absolute atomic E-state index is 12.1. The van der Waals surface area contributed by atoms with Gasteiger partial charge in [-0.15, -0.1) is 10.2 Å². The SMILES string of the molecule is COc1ccc(-c2nnc(SCCC(=O)NC(=O)NCc3ccccc3)n2C(C)C)cc1. The van der Waals surface area contributed by atoms with Crippen molar-refractivity contribution in [2.75, 3.05) is 12.9 Å². The van der Waals surface area contributed by atoms with Crippen LogP contribution in [0.5, 0.6) is 5.75 Å². The van der Waals surface area contributed by atoms with E-state index in [9.17, 15) is 9.59 Å². The Hall–Kier alpha value is -3.33. The van der Waals surface area contributed by atoms with Gasteiger partial charge in [-0.3, -0.25) is 14.7 Å². The van der Waals surface area contributed by atoms with Gasteiger partial charge in [-0.25, -0.2) is 4.79 Å². The minimum absolute atomic E-state index is 0.141. The highest BCUT2D eigenvalue weighted by Gasteiger charge is 2.17. The zero-order valence-corrected chi connectivity index (χ0v) is 19.2. The summed E-state index contributed by atoms with van der Waals surface area (Å²) in [7, 11) is 1.63. The number of nitrogens with zero attached hydrogens (tertiary/aromatic N) is 3. The van der Waals surface area contributed by atoms with E-state index in [4.69, 9.17) is 4.74 Å². The number of carbonyl (C=O) groups is 2. The van der Waals surface area contributed by atoms with E-state index >= 15 is 0 Å². The van der Waals surface area contributed by atoms with Gasteiger partial charge in [0.05, 0.1) is 7.11 Å². The van der Waals surface area contributed by atoms with Gasteiger partial charge in [-0.05, 0) is 43.7 Å². The lowest BCUT2D eigenvalue weighted by atomic mass is 10.2. The van der Waals surface area contributed by atoms with E-state index in [1.807, 2.05) is 59.2 Å². The quantitative estimate of drug-likeness (QED) is 0.475. The molecule has 1 aromatic heterocycles. The molecule has 0 fully saturated rings. The second-order valence-electron chi connectivity index (χ2n) is 7.31. The highest BCUT2D eigenvalue weighted by atomic mass is 32.2. The molecule has 0 spiro atoms. The predicted molar refractivity (Wildman–Crippen MR) is 125 cm³/mol. The third-order valence-corrected chi connectivity index (χ3v) is 5.58. The number of hydrogen-bond acceptors (Lipinski definition) is 6. The first-order valence-corrected chi connectivity index (χ1v) is 11.3. The van der Waals surface area contributed by atoms with Gasteiger partial charge < -0.3 is 10.1 Å². The van der Waals surface area contributed by atoms with Crippen molar-refractivity contribution >= 4 is 23.7 Å². The summed E-state index contributed by atoms with van der Waals surface area (Å²) in [5, 5.41) is 14.4. The Balaban J connectivity index is 1.52. The fourth-order valence-electron chi connectivity index (χ4n) is 3.02. The Bertz CT molecular complexity index is 1040. The molecule has 0 aliphatic heterocycles. The van der Waals surface area contributed by atoms with Crippen LogP contribution in [0.15, 0.2) is 59.8 Å². The molecule has 0 radical (unpaired) electrons. The molecule has 0 bridgehead atoms. The number of nitrogens with one attached hydrogen (secondary N) is 2. The van der Waals surface area contributed by atoms with Crippen LogP contribution in [-0.4, -0.2) is 39.6 Å². The summed E-state index contributed by atoms with van der Waals surface area (Å²) in [6.07, 6.45) is 0.187. The second-order valence-corrected chi connectivity index (χ2v) is 8.38. The largest absolute Gasteiger partial charge is 0.497 e. The molecule has 2 aromatic carbocycles. The number of carbonyl (C=O) groups excluding carboxylic acids is 2. The van der Waals surface area contributed by atoms with Crippen molar-refractivity contribution in [2.45, 2.75) is 38.0 Å². The number of thioether (sulfide) groups is 1. The van der Waals surface area contributed by atoms with Crippen molar-refractivity contribution in [1.29, 1.82) is 0 Å². The first-order valence-electron chi connectivity index (χ1n) is 10.3. The summed E-state index contributed by atoms with van der Waals surface area (Å²) in [5.41, 5.74) is 1.90. The van der Waals surface area contributed by atoms with Gasteiger partial charge in [0.15, 0.2) is 11.0 Å². The molecule has 3 aromatic rings. The van der Waals surface area contributed by atoms with E-state index in [2.05, 4.69) is 34.7 Å². The minimum Gasteiger partial charge on any atom is -0.497 e. The zero-order chi connectivity index (χ0) is 22.9. The third-order valence-electron chi connectivity index (χ3n) is 4.64. The predicted octanol–water partition coefficient (Wildman–Crippen LogP) is 4.04. The fraction of sp³-hybridized carbons (Fsp3) is 0.304. The summed E-state index contributed by atoms with van der Waals surface area (Å²) < 4.78 is 7.25. The van der Waals surface area contributed by atoms with Crippen molar-refractivity contribution in [2.24, 2.45) is 0 Å². The molecular formula is C23H27N5O3S. The maximum atomic E-state index is 12.1. The molecule has 3 rings (SSSR count). The fourth-order valence-corrected chi connectivity index (χ4v) is 4.03. The van der Waals surface area contributed by atoms with Gasteiger partial charge in [0.25, 0.3) is 0 Å². The van der Waals surface area contributed by atoms with Crippen LogP contribution in [0.25, 0.3) is 11.4 Å². The van der Waals surface area contributed by atoms with Crippen molar-refractivity contribution < 1.29 is 14.3 Å². The average Bonchev–Trinajstić information content (AvgIpc) is 3.22. The highest BCUT2D eigenvalue weighted by Crippen LogP contribution is 2.28. The van der Waals surface area contributed by atoms with Crippen LogP contribution in [-0.2, 0) is 11.3 Å². The van der Waals surface area contributed by atoms with Crippen LogP contribution < -0.4 is 15.4 Å². The van der Waals surface area contributed by atoms with Gasteiger partial charge in [0.1, 0.15) is 5.75 Å². The summed E-state index contributed by atoms with van der Waals surface area (Å²) in [4.78, 5) is 24.0. The molecular weight excluding hydrogens is 426 g/mol. The summed E-state index contributed by atoms with van der Waals surface area (Å²) in [6.45, 7) is 4.48. The monoisotopic (exact) mass is 453 g/mol. The average molecular weight is 454 g/mol. The number of amides is 3. The number of imide groups is 1. The van der Waals surface area contributed by atoms with Crippen LogP contribution in [0.4, 0.5) is 4.79 Å².